The first kappa shape index (κ1) is 27.7. The number of imidazole rings is 1. The molecule has 0 spiro atoms. The first-order valence-electron chi connectivity index (χ1n) is 14.2. The smallest absolute Gasteiger partial charge is 0.321 e. The molecule has 1 aliphatic heterocycles. The van der Waals surface area contributed by atoms with E-state index in [1.807, 2.05) is 42.5 Å². The molecular weight excluding hydrogens is 546 g/mol. The summed E-state index contributed by atoms with van der Waals surface area (Å²) in [7, 11) is 0. The number of urea groups is 1. The molecule has 2 aromatic heterocycles. The fraction of sp³-hybridized carbons (Fsp3) is 0.273. The Morgan fingerprint density at radius 1 is 1.07 bits per heavy atom. The molecule has 1 N–H and O–H groups in total. The van der Waals surface area contributed by atoms with Gasteiger partial charge in [0.1, 0.15) is 5.82 Å². The Bertz CT molecular complexity index is 1660. The van der Waals surface area contributed by atoms with Crippen molar-refractivity contribution < 1.29 is 4.79 Å². The van der Waals surface area contributed by atoms with Gasteiger partial charge in [0.05, 0.1) is 23.4 Å². The SMILES string of the molecule is Cc1nccn1CCCC1=Cc2cc(Cl)ccc2C(N2CCN(C(=O)Nc3ccc(C#N)cc3)CC2)c2ncccc21. The van der Waals surface area contributed by atoms with Crippen LogP contribution in [0.15, 0.2) is 73.2 Å². The summed E-state index contributed by atoms with van der Waals surface area (Å²) in [6.07, 6.45) is 9.91. The zero-order valence-corrected chi connectivity index (χ0v) is 24.3. The van der Waals surface area contributed by atoms with Crippen LogP contribution in [0.1, 0.15) is 52.7 Å². The molecule has 212 valence electrons. The van der Waals surface area contributed by atoms with Crippen LogP contribution in [0.5, 0.6) is 0 Å². The summed E-state index contributed by atoms with van der Waals surface area (Å²) in [6.45, 7) is 5.53. The summed E-state index contributed by atoms with van der Waals surface area (Å²) in [5.74, 6) is 1.02. The zero-order valence-electron chi connectivity index (χ0n) is 23.5. The number of rotatable bonds is 6. The summed E-state index contributed by atoms with van der Waals surface area (Å²) >= 11 is 6.51. The van der Waals surface area contributed by atoms with Crippen LogP contribution in [-0.2, 0) is 6.54 Å². The van der Waals surface area contributed by atoms with E-state index < -0.39 is 0 Å². The molecule has 2 aliphatic rings. The normalized spacial score (nSPS) is 16.5. The van der Waals surface area contributed by atoms with Gasteiger partial charge in [0, 0.05) is 67.6 Å². The number of nitrogens with zero attached hydrogens (tertiary/aromatic N) is 6. The number of allylic oxidation sites excluding steroid dienone is 1. The van der Waals surface area contributed by atoms with Gasteiger partial charge in [-0.25, -0.2) is 9.78 Å². The third-order valence-electron chi connectivity index (χ3n) is 8.12. The molecule has 0 radical (unpaired) electrons. The Kier molecular flexibility index (Phi) is 8.04. The topological polar surface area (TPSA) is 90.1 Å². The van der Waals surface area contributed by atoms with Crippen LogP contribution in [0, 0.1) is 18.3 Å². The first-order valence-corrected chi connectivity index (χ1v) is 14.6. The van der Waals surface area contributed by atoms with Crippen molar-refractivity contribution in [1.29, 1.82) is 5.26 Å². The minimum Gasteiger partial charge on any atom is -0.335 e. The van der Waals surface area contributed by atoms with Gasteiger partial charge in [-0.3, -0.25) is 9.88 Å². The molecule has 2 amide bonds. The molecule has 0 bridgehead atoms. The molecule has 1 unspecified atom stereocenters. The second-order valence-corrected chi connectivity index (χ2v) is 11.1. The molecule has 8 nitrogen and oxygen atoms in total. The van der Waals surface area contributed by atoms with Gasteiger partial charge in [0.25, 0.3) is 0 Å². The zero-order chi connectivity index (χ0) is 29.1. The third-order valence-corrected chi connectivity index (χ3v) is 8.35. The number of benzene rings is 2. The van der Waals surface area contributed by atoms with Crippen molar-refractivity contribution in [3.63, 3.8) is 0 Å². The minimum absolute atomic E-state index is 0.0538. The van der Waals surface area contributed by atoms with Gasteiger partial charge in [-0.05, 0) is 78.9 Å². The van der Waals surface area contributed by atoms with E-state index in [2.05, 4.69) is 50.1 Å². The number of hydrogen-bond acceptors (Lipinski definition) is 5. The van der Waals surface area contributed by atoms with Crippen LogP contribution in [0.25, 0.3) is 11.6 Å². The minimum atomic E-state index is -0.136. The highest BCUT2D eigenvalue weighted by molar-refractivity contribution is 6.30. The van der Waals surface area contributed by atoms with Gasteiger partial charge in [-0.15, -0.1) is 0 Å². The highest BCUT2D eigenvalue weighted by Gasteiger charge is 2.33. The number of aromatic nitrogens is 3. The van der Waals surface area contributed by atoms with Gasteiger partial charge in [-0.2, -0.15) is 5.26 Å². The van der Waals surface area contributed by atoms with E-state index in [1.165, 1.54) is 11.1 Å². The largest absolute Gasteiger partial charge is 0.335 e. The lowest BCUT2D eigenvalue weighted by Crippen LogP contribution is -2.51. The van der Waals surface area contributed by atoms with Gasteiger partial charge < -0.3 is 14.8 Å². The van der Waals surface area contributed by atoms with E-state index in [0.717, 1.165) is 42.0 Å². The first-order chi connectivity index (χ1) is 20.5. The Hall–Kier alpha value is -4.45. The molecule has 3 heterocycles. The van der Waals surface area contributed by atoms with Crippen molar-refractivity contribution in [2.24, 2.45) is 0 Å². The van der Waals surface area contributed by atoms with E-state index in [0.29, 0.717) is 42.5 Å². The number of halogens is 1. The van der Waals surface area contributed by atoms with Crippen molar-refractivity contribution in [3.05, 3.63) is 112 Å². The molecule has 6 rings (SSSR count). The number of amides is 2. The number of carbonyl (C=O) groups is 1. The van der Waals surface area contributed by atoms with E-state index >= 15 is 0 Å². The maximum Gasteiger partial charge on any atom is 0.321 e. The highest BCUT2D eigenvalue weighted by Crippen LogP contribution is 2.41. The van der Waals surface area contributed by atoms with Crippen molar-refractivity contribution in [1.82, 2.24) is 24.3 Å². The van der Waals surface area contributed by atoms with Crippen molar-refractivity contribution in [3.8, 4) is 6.07 Å². The van der Waals surface area contributed by atoms with Crippen molar-refractivity contribution in [2.75, 3.05) is 31.5 Å². The summed E-state index contributed by atoms with van der Waals surface area (Å²) in [6, 6.07) is 19.1. The standard InChI is InChI=1S/C33H32ClN7O/c1-23-36-13-15-39(23)14-3-4-25-20-26-21-27(34)8-11-30(26)32(31-29(25)5-2-12-37-31)40-16-18-41(19-17-40)33(42)38-28-9-6-24(22-35)7-10-28/h2,5-13,15,20-21,32H,3-4,14,16-19H2,1H3,(H,38,42). The molecule has 1 fully saturated rings. The monoisotopic (exact) mass is 577 g/mol. The summed E-state index contributed by atoms with van der Waals surface area (Å²) in [5, 5.41) is 12.7. The summed E-state index contributed by atoms with van der Waals surface area (Å²) < 4.78 is 2.19. The summed E-state index contributed by atoms with van der Waals surface area (Å²) in [5.41, 5.74) is 6.98. The fourth-order valence-corrected chi connectivity index (χ4v) is 6.09. The predicted molar refractivity (Wildman–Crippen MR) is 165 cm³/mol. The molecule has 1 saturated heterocycles. The van der Waals surface area contributed by atoms with Crippen LogP contribution in [0.4, 0.5) is 10.5 Å². The maximum absolute atomic E-state index is 13.0. The molecule has 2 aromatic carbocycles. The van der Waals surface area contributed by atoms with Crippen LogP contribution >= 0.6 is 11.6 Å². The molecular formula is C33H32ClN7O. The van der Waals surface area contributed by atoms with Crippen molar-refractivity contribution >= 4 is 35.0 Å². The van der Waals surface area contributed by atoms with E-state index in [1.54, 1.807) is 24.3 Å². The Morgan fingerprint density at radius 3 is 2.62 bits per heavy atom. The van der Waals surface area contributed by atoms with Gasteiger partial charge in [0.2, 0.25) is 0 Å². The molecule has 4 aromatic rings. The summed E-state index contributed by atoms with van der Waals surface area (Å²) in [4.78, 5) is 26.6. The predicted octanol–water partition coefficient (Wildman–Crippen LogP) is 6.39. The fourth-order valence-electron chi connectivity index (χ4n) is 5.91. The lowest BCUT2D eigenvalue weighted by molar-refractivity contribution is 0.125. The number of fused-ring (bicyclic) bond motifs is 2. The second-order valence-electron chi connectivity index (χ2n) is 10.7. The quantitative estimate of drug-likeness (QED) is 0.287. The van der Waals surface area contributed by atoms with E-state index in [4.69, 9.17) is 21.8 Å². The molecule has 42 heavy (non-hydrogen) atoms. The van der Waals surface area contributed by atoms with Gasteiger partial charge in [-0.1, -0.05) is 29.8 Å². The number of aryl methyl sites for hydroxylation is 2. The highest BCUT2D eigenvalue weighted by atomic mass is 35.5. The van der Waals surface area contributed by atoms with Crippen LogP contribution in [0.3, 0.4) is 0 Å². The second kappa shape index (κ2) is 12.2. The third kappa shape index (κ3) is 5.80. The van der Waals surface area contributed by atoms with Gasteiger partial charge >= 0.3 is 6.03 Å². The average Bonchev–Trinajstić information content (AvgIpc) is 3.37. The number of nitriles is 1. The van der Waals surface area contributed by atoms with Crippen LogP contribution < -0.4 is 5.32 Å². The van der Waals surface area contributed by atoms with E-state index in [9.17, 15) is 4.79 Å². The number of nitrogens with one attached hydrogen (secondary N) is 1. The lowest BCUT2D eigenvalue weighted by Gasteiger charge is -2.39. The Labute approximate surface area is 250 Å². The van der Waals surface area contributed by atoms with Gasteiger partial charge in [0.15, 0.2) is 0 Å². The number of anilines is 1. The number of hydrogen-bond donors (Lipinski definition) is 1. The van der Waals surface area contributed by atoms with Crippen LogP contribution in [-0.4, -0.2) is 56.5 Å². The number of piperazine rings is 1. The maximum atomic E-state index is 13.0. The average molecular weight is 578 g/mol. The number of pyridine rings is 1. The lowest BCUT2D eigenvalue weighted by atomic mass is 9.94. The Morgan fingerprint density at radius 2 is 1.88 bits per heavy atom. The van der Waals surface area contributed by atoms with E-state index in [-0.39, 0.29) is 12.1 Å². The molecule has 0 saturated carbocycles. The van der Waals surface area contributed by atoms with Crippen molar-refractivity contribution in [2.45, 2.75) is 32.4 Å². The van der Waals surface area contributed by atoms with Crippen LogP contribution in [0.2, 0.25) is 5.02 Å². The Balaban J connectivity index is 1.22. The molecule has 9 heteroatoms. The number of carbonyl (C=O) groups excluding carboxylic acids is 1. The molecule has 1 aliphatic carbocycles. The molecule has 1 atom stereocenters.